The summed E-state index contributed by atoms with van der Waals surface area (Å²) in [4.78, 5) is 14.5. The molecule has 0 aliphatic carbocycles. The van der Waals surface area contributed by atoms with Gasteiger partial charge in [-0.2, -0.15) is 0 Å². The fourth-order valence-corrected chi connectivity index (χ4v) is 3.85. The summed E-state index contributed by atoms with van der Waals surface area (Å²) in [5.41, 5.74) is 6.18. The summed E-state index contributed by atoms with van der Waals surface area (Å²) in [5, 5.41) is 0. The number of sulfonamides is 1. The third-order valence-electron chi connectivity index (χ3n) is 4.00. The number of hydrogen-bond donors (Lipinski definition) is 2. The Kier molecular flexibility index (Phi) is 7.01. The molecule has 130 valence electrons. The molecule has 1 fully saturated rings. The average Bonchev–Trinajstić information content (AvgIpc) is 2.88. The molecule has 0 saturated carbocycles. The van der Waals surface area contributed by atoms with Crippen LogP contribution >= 0.6 is 12.4 Å². The van der Waals surface area contributed by atoms with Crippen molar-refractivity contribution in [1.82, 2.24) is 9.62 Å². The molecule has 8 heteroatoms. The summed E-state index contributed by atoms with van der Waals surface area (Å²) in [6, 6.07) is 6.22. The highest BCUT2D eigenvalue weighted by molar-refractivity contribution is 7.89. The van der Waals surface area contributed by atoms with Gasteiger partial charge in [-0.25, -0.2) is 13.1 Å². The van der Waals surface area contributed by atoms with Gasteiger partial charge in [0.05, 0.1) is 4.90 Å². The second-order valence-corrected chi connectivity index (χ2v) is 7.44. The zero-order valence-corrected chi connectivity index (χ0v) is 15.0. The molecule has 6 nitrogen and oxygen atoms in total. The predicted molar refractivity (Wildman–Crippen MR) is 92.2 cm³/mol. The Morgan fingerprint density at radius 3 is 2.43 bits per heavy atom. The van der Waals surface area contributed by atoms with Crippen LogP contribution in [0.25, 0.3) is 0 Å². The van der Waals surface area contributed by atoms with Crippen LogP contribution in [-0.4, -0.2) is 44.9 Å². The molecule has 23 heavy (non-hydrogen) atoms. The van der Waals surface area contributed by atoms with Crippen LogP contribution in [0.1, 0.15) is 30.6 Å². The van der Waals surface area contributed by atoms with Gasteiger partial charge in [-0.3, -0.25) is 4.79 Å². The molecule has 2 rings (SSSR count). The fourth-order valence-electron chi connectivity index (χ4n) is 2.81. The molecule has 1 heterocycles. The Bertz CT molecular complexity index is 634. The highest BCUT2D eigenvalue weighted by Crippen LogP contribution is 2.24. The van der Waals surface area contributed by atoms with Crippen molar-refractivity contribution in [2.45, 2.75) is 31.2 Å². The van der Waals surface area contributed by atoms with Gasteiger partial charge in [0.2, 0.25) is 10.0 Å². The van der Waals surface area contributed by atoms with Gasteiger partial charge in [0, 0.05) is 24.7 Å². The van der Waals surface area contributed by atoms with Crippen LogP contribution in [0.3, 0.4) is 0 Å². The van der Waals surface area contributed by atoms with E-state index in [0.717, 1.165) is 6.42 Å². The SMILES string of the molecule is CCNS(=O)(=O)c1ccc(C(=O)N2CC(CN)CC2C)cc1.Cl. The maximum Gasteiger partial charge on any atom is 0.254 e. The number of hydrogen-bond acceptors (Lipinski definition) is 4. The number of carbonyl (C=O) groups is 1. The highest BCUT2D eigenvalue weighted by Gasteiger charge is 2.32. The van der Waals surface area contributed by atoms with Gasteiger partial charge in [0.25, 0.3) is 5.91 Å². The molecule has 2 unspecified atom stereocenters. The first-order chi connectivity index (χ1) is 10.4. The standard InChI is InChI=1S/C15H23N3O3S.ClH/c1-3-17-22(20,21)14-6-4-13(5-7-14)15(19)18-10-12(9-16)8-11(18)2;/h4-7,11-12,17H,3,8-10,16H2,1-2H3;1H. The van der Waals surface area contributed by atoms with Crippen molar-refractivity contribution in [2.75, 3.05) is 19.6 Å². The monoisotopic (exact) mass is 361 g/mol. The summed E-state index contributed by atoms with van der Waals surface area (Å²) in [6.07, 6.45) is 0.912. The first-order valence-corrected chi connectivity index (χ1v) is 8.98. The van der Waals surface area contributed by atoms with Gasteiger partial charge in [-0.1, -0.05) is 6.92 Å². The van der Waals surface area contributed by atoms with Crippen LogP contribution in [0.2, 0.25) is 0 Å². The first-order valence-electron chi connectivity index (χ1n) is 7.49. The molecule has 0 aromatic heterocycles. The quantitative estimate of drug-likeness (QED) is 0.824. The van der Waals surface area contributed by atoms with E-state index in [1.165, 1.54) is 12.1 Å². The second-order valence-electron chi connectivity index (χ2n) is 5.67. The molecule has 1 aromatic carbocycles. The molecule has 1 aromatic rings. The van der Waals surface area contributed by atoms with E-state index in [4.69, 9.17) is 5.73 Å². The van der Waals surface area contributed by atoms with Crippen molar-refractivity contribution in [3.8, 4) is 0 Å². The lowest BCUT2D eigenvalue weighted by Crippen LogP contribution is -2.34. The van der Waals surface area contributed by atoms with E-state index in [-0.39, 0.29) is 29.3 Å². The van der Waals surface area contributed by atoms with Crippen molar-refractivity contribution in [3.05, 3.63) is 29.8 Å². The van der Waals surface area contributed by atoms with Crippen LogP contribution in [0, 0.1) is 5.92 Å². The Labute approximate surface area is 143 Å². The topological polar surface area (TPSA) is 92.5 Å². The molecule has 0 radical (unpaired) electrons. The Balaban J connectivity index is 0.00000264. The molecule has 1 saturated heterocycles. The molecule has 1 amide bonds. The van der Waals surface area contributed by atoms with Gasteiger partial charge in [-0.15, -0.1) is 12.4 Å². The van der Waals surface area contributed by atoms with E-state index in [1.54, 1.807) is 19.1 Å². The van der Waals surface area contributed by atoms with Crippen molar-refractivity contribution in [1.29, 1.82) is 0 Å². The van der Waals surface area contributed by atoms with Gasteiger partial charge >= 0.3 is 0 Å². The second kappa shape index (κ2) is 8.10. The van der Waals surface area contributed by atoms with Crippen LogP contribution in [0.5, 0.6) is 0 Å². The minimum Gasteiger partial charge on any atom is -0.336 e. The summed E-state index contributed by atoms with van der Waals surface area (Å²) < 4.78 is 26.2. The van der Waals surface area contributed by atoms with Crippen LogP contribution in [-0.2, 0) is 10.0 Å². The van der Waals surface area contributed by atoms with Gasteiger partial charge in [-0.05, 0) is 50.1 Å². The molecule has 1 aliphatic rings. The molecular weight excluding hydrogens is 338 g/mol. The Hall–Kier alpha value is -1.15. The summed E-state index contributed by atoms with van der Waals surface area (Å²) in [7, 11) is -3.49. The van der Waals surface area contributed by atoms with E-state index in [9.17, 15) is 13.2 Å². The predicted octanol–water partition coefficient (Wildman–Crippen LogP) is 1.22. The number of amides is 1. The van der Waals surface area contributed by atoms with Gasteiger partial charge < -0.3 is 10.6 Å². The number of nitrogens with zero attached hydrogens (tertiary/aromatic N) is 1. The van der Waals surface area contributed by atoms with Crippen LogP contribution < -0.4 is 10.5 Å². The third-order valence-corrected chi connectivity index (χ3v) is 5.56. The minimum absolute atomic E-state index is 0. The van der Waals surface area contributed by atoms with Crippen molar-refractivity contribution < 1.29 is 13.2 Å². The number of rotatable bonds is 5. The number of nitrogens with two attached hydrogens (primary N) is 1. The molecule has 1 aliphatic heterocycles. The summed E-state index contributed by atoms with van der Waals surface area (Å²) in [5.74, 6) is 0.267. The van der Waals surface area contributed by atoms with Crippen molar-refractivity contribution in [3.63, 3.8) is 0 Å². The van der Waals surface area contributed by atoms with E-state index >= 15 is 0 Å². The molecular formula is C15H24ClN3O3S. The number of halogens is 1. The zero-order chi connectivity index (χ0) is 16.3. The lowest BCUT2D eigenvalue weighted by Gasteiger charge is -2.21. The van der Waals surface area contributed by atoms with E-state index in [0.29, 0.717) is 31.1 Å². The zero-order valence-electron chi connectivity index (χ0n) is 13.4. The van der Waals surface area contributed by atoms with Gasteiger partial charge in [0.1, 0.15) is 0 Å². The highest BCUT2D eigenvalue weighted by atomic mass is 35.5. The third kappa shape index (κ3) is 4.44. The first kappa shape index (κ1) is 19.9. The van der Waals surface area contributed by atoms with E-state index < -0.39 is 10.0 Å². The van der Waals surface area contributed by atoms with E-state index in [2.05, 4.69) is 4.72 Å². The lowest BCUT2D eigenvalue weighted by molar-refractivity contribution is 0.0743. The maximum absolute atomic E-state index is 12.5. The molecule has 2 atom stereocenters. The lowest BCUT2D eigenvalue weighted by atomic mass is 10.1. The van der Waals surface area contributed by atoms with Crippen molar-refractivity contribution >= 4 is 28.3 Å². The molecule has 0 bridgehead atoms. The normalized spacial score (nSPS) is 21.1. The largest absolute Gasteiger partial charge is 0.336 e. The van der Waals surface area contributed by atoms with Gasteiger partial charge in [0.15, 0.2) is 0 Å². The number of benzene rings is 1. The van der Waals surface area contributed by atoms with Crippen molar-refractivity contribution in [2.24, 2.45) is 11.7 Å². The fraction of sp³-hybridized carbons (Fsp3) is 0.533. The van der Waals surface area contributed by atoms with E-state index in [1.807, 2.05) is 11.8 Å². The average molecular weight is 362 g/mol. The number of likely N-dealkylation sites (tertiary alicyclic amines) is 1. The summed E-state index contributed by atoms with van der Waals surface area (Å²) in [6.45, 7) is 5.30. The smallest absolute Gasteiger partial charge is 0.254 e. The maximum atomic E-state index is 12.5. The molecule has 3 N–H and O–H groups in total. The Morgan fingerprint density at radius 1 is 1.35 bits per heavy atom. The number of nitrogens with one attached hydrogen (secondary N) is 1. The number of carbonyl (C=O) groups excluding carboxylic acids is 1. The summed E-state index contributed by atoms with van der Waals surface area (Å²) >= 11 is 0. The van der Waals surface area contributed by atoms with Crippen LogP contribution in [0.15, 0.2) is 29.2 Å². The molecule has 0 spiro atoms. The minimum atomic E-state index is -3.49. The van der Waals surface area contributed by atoms with Crippen LogP contribution in [0.4, 0.5) is 0 Å². The Morgan fingerprint density at radius 2 is 1.96 bits per heavy atom.